The molecular weight excluding hydrogens is 454 g/mol. The lowest BCUT2D eigenvalue weighted by molar-refractivity contribution is -0.119. The molecule has 162 valence electrons. The van der Waals surface area contributed by atoms with Crippen LogP contribution in [0, 0.1) is 0 Å². The van der Waals surface area contributed by atoms with Gasteiger partial charge in [-0.3, -0.25) is 4.79 Å². The Balaban J connectivity index is 1.31. The molecule has 1 aromatic heterocycles. The molecule has 6 nitrogen and oxygen atoms in total. The van der Waals surface area contributed by atoms with Crippen LogP contribution in [0.4, 0.5) is 5.69 Å². The van der Waals surface area contributed by atoms with Crippen LogP contribution < -0.4 is 10.6 Å². The number of fused-ring (bicyclic) bond motifs is 2. The molecule has 33 heavy (non-hydrogen) atoms. The minimum absolute atomic E-state index is 0.206. The summed E-state index contributed by atoms with van der Waals surface area (Å²) in [7, 11) is 0. The summed E-state index contributed by atoms with van der Waals surface area (Å²) in [5.41, 5.74) is 3.94. The van der Waals surface area contributed by atoms with Crippen molar-refractivity contribution in [1.29, 1.82) is 0 Å². The van der Waals surface area contributed by atoms with Gasteiger partial charge in [-0.05, 0) is 59.6 Å². The Hall–Kier alpha value is -3.81. The Kier molecular flexibility index (Phi) is 5.73. The molecule has 2 N–H and O–H groups in total. The molecule has 4 aromatic carbocycles. The molecule has 1 amide bonds. The van der Waals surface area contributed by atoms with Crippen molar-refractivity contribution in [2.75, 3.05) is 5.32 Å². The van der Waals surface area contributed by atoms with Crippen molar-refractivity contribution in [3.05, 3.63) is 95.5 Å². The number of thiocarbonyl (C=S) groups is 1. The molecule has 0 unspecified atom stereocenters. The Bertz CT molecular complexity index is 1490. The van der Waals surface area contributed by atoms with E-state index in [2.05, 4.69) is 39.0 Å². The lowest BCUT2D eigenvalue weighted by Gasteiger charge is -2.09. The van der Waals surface area contributed by atoms with E-state index in [9.17, 15) is 4.79 Å². The van der Waals surface area contributed by atoms with E-state index in [1.165, 1.54) is 0 Å². The average Bonchev–Trinajstić information content (AvgIpc) is 3.23. The van der Waals surface area contributed by atoms with Gasteiger partial charge < -0.3 is 10.6 Å². The third-order valence-corrected chi connectivity index (χ3v) is 5.61. The molecule has 0 saturated carbocycles. The summed E-state index contributed by atoms with van der Waals surface area (Å²) in [6.45, 7) is 0. The van der Waals surface area contributed by atoms with E-state index in [0.29, 0.717) is 16.2 Å². The number of benzene rings is 4. The van der Waals surface area contributed by atoms with Crippen LogP contribution in [0.15, 0.2) is 84.9 Å². The molecule has 0 saturated heterocycles. The fourth-order valence-corrected chi connectivity index (χ4v) is 3.96. The maximum atomic E-state index is 12.3. The molecule has 0 aliphatic heterocycles. The molecule has 1 heterocycles. The quantitative estimate of drug-likeness (QED) is 0.349. The summed E-state index contributed by atoms with van der Waals surface area (Å²) in [6, 6.07) is 26.9. The summed E-state index contributed by atoms with van der Waals surface area (Å²) in [5, 5.41) is 18.0. The first-order valence-electron chi connectivity index (χ1n) is 10.3. The van der Waals surface area contributed by atoms with Gasteiger partial charge >= 0.3 is 0 Å². The van der Waals surface area contributed by atoms with Crippen molar-refractivity contribution in [3.63, 3.8) is 0 Å². The van der Waals surface area contributed by atoms with Crippen molar-refractivity contribution in [2.45, 2.75) is 6.42 Å². The summed E-state index contributed by atoms with van der Waals surface area (Å²) in [4.78, 5) is 13.9. The molecule has 0 radical (unpaired) electrons. The third-order valence-electron chi connectivity index (χ3n) is 5.15. The van der Waals surface area contributed by atoms with Crippen molar-refractivity contribution in [3.8, 4) is 5.69 Å². The SMILES string of the molecule is O=C(Cc1ccc(Cl)cc1)NC(=S)Nc1ccc2nn(-c3cccc4ccccc34)nc2c1. The zero-order chi connectivity index (χ0) is 22.8. The van der Waals surface area contributed by atoms with Crippen molar-refractivity contribution in [2.24, 2.45) is 0 Å². The number of nitrogens with one attached hydrogen (secondary N) is 2. The Morgan fingerprint density at radius 3 is 2.52 bits per heavy atom. The zero-order valence-corrected chi connectivity index (χ0v) is 18.9. The van der Waals surface area contributed by atoms with Gasteiger partial charge in [-0.15, -0.1) is 15.0 Å². The molecule has 0 bridgehead atoms. The second-order valence-electron chi connectivity index (χ2n) is 7.50. The van der Waals surface area contributed by atoms with Gasteiger partial charge in [0.05, 0.1) is 12.1 Å². The number of rotatable bonds is 4. The number of anilines is 1. The summed E-state index contributed by atoms with van der Waals surface area (Å²) in [5.74, 6) is -0.210. The van der Waals surface area contributed by atoms with Crippen LogP contribution in [0.5, 0.6) is 0 Å². The maximum Gasteiger partial charge on any atom is 0.230 e. The number of carbonyl (C=O) groups is 1. The Morgan fingerprint density at radius 1 is 0.909 bits per heavy atom. The fourth-order valence-electron chi connectivity index (χ4n) is 3.60. The number of carbonyl (C=O) groups excluding carboxylic acids is 1. The molecule has 5 rings (SSSR count). The van der Waals surface area contributed by atoms with E-state index < -0.39 is 0 Å². The molecule has 0 atom stereocenters. The highest BCUT2D eigenvalue weighted by molar-refractivity contribution is 7.80. The van der Waals surface area contributed by atoms with E-state index in [1.807, 2.05) is 54.6 Å². The number of aromatic nitrogens is 3. The Morgan fingerprint density at radius 2 is 1.67 bits per heavy atom. The molecule has 0 aliphatic rings. The van der Waals surface area contributed by atoms with Crippen LogP contribution in [0.25, 0.3) is 27.5 Å². The lowest BCUT2D eigenvalue weighted by Crippen LogP contribution is -2.35. The minimum atomic E-state index is -0.210. The van der Waals surface area contributed by atoms with E-state index in [4.69, 9.17) is 23.8 Å². The minimum Gasteiger partial charge on any atom is -0.332 e. The fraction of sp³-hybridized carbons (Fsp3) is 0.0400. The number of amides is 1. The number of hydrogen-bond acceptors (Lipinski definition) is 4. The van der Waals surface area contributed by atoms with Gasteiger partial charge in [-0.2, -0.15) is 0 Å². The first-order valence-corrected chi connectivity index (χ1v) is 11.0. The van der Waals surface area contributed by atoms with Crippen LogP contribution in [-0.4, -0.2) is 26.0 Å². The predicted molar refractivity (Wildman–Crippen MR) is 136 cm³/mol. The van der Waals surface area contributed by atoms with Gasteiger partial charge in [-0.1, -0.05) is 60.1 Å². The summed E-state index contributed by atoms with van der Waals surface area (Å²) >= 11 is 11.2. The monoisotopic (exact) mass is 471 g/mol. The van der Waals surface area contributed by atoms with E-state index in [0.717, 1.165) is 27.5 Å². The second-order valence-corrected chi connectivity index (χ2v) is 8.34. The normalized spacial score (nSPS) is 10.9. The van der Waals surface area contributed by atoms with Crippen LogP contribution in [0.1, 0.15) is 5.56 Å². The molecular formula is C25H18ClN5OS. The van der Waals surface area contributed by atoms with Crippen molar-refractivity contribution in [1.82, 2.24) is 20.3 Å². The Labute approximate surface area is 200 Å². The highest BCUT2D eigenvalue weighted by Crippen LogP contribution is 2.23. The van der Waals surface area contributed by atoms with Crippen molar-refractivity contribution >= 4 is 62.3 Å². The van der Waals surface area contributed by atoms with Crippen LogP contribution in [0.2, 0.25) is 5.02 Å². The highest BCUT2D eigenvalue weighted by Gasteiger charge is 2.10. The second kappa shape index (κ2) is 8.97. The molecule has 0 fully saturated rings. The predicted octanol–water partition coefficient (Wildman–Crippen LogP) is 5.28. The topological polar surface area (TPSA) is 71.8 Å². The van der Waals surface area contributed by atoms with Gasteiger partial charge in [0.1, 0.15) is 11.0 Å². The lowest BCUT2D eigenvalue weighted by atomic mass is 10.1. The summed E-state index contributed by atoms with van der Waals surface area (Å²) < 4.78 is 0. The largest absolute Gasteiger partial charge is 0.332 e. The van der Waals surface area contributed by atoms with E-state index >= 15 is 0 Å². The molecule has 8 heteroatoms. The molecule has 5 aromatic rings. The average molecular weight is 472 g/mol. The molecule has 0 aliphatic carbocycles. The van der Waals surface area contributed by atoms with Gasteiger partial charge in [0.25, 0.3) is 0 Å². The van der Waals surface area contributed by atoms with Gasteiger partial charge in [0, 0.05) is 16.1 Å². The third kappa shape index (κ3) is 4.69. The van der Waals surface area contributed by atoms with Crippen LogP contribution >= 0.6 is 23.8 Å². The smallest absolute Gasteiger partial charge is 0.230 e. The molecule has 0 spiro atoms. The first kappa shape index (κ1) is 21.1. The standard InChI is InChI=1S/C25H18ClN5OS/c26-18-10-8-16(9-11-18)14-24(32)28-25(33)27-19-12-13-21-22(15-19)30-31(29-21)23-7-3-5-17-4-1-2-6-20(17)23/h1-13,15H,14H2,(H2,27,28,32,33). The van der Waals surface area contributed by atoms with E-state index in [-0.39, 0.29) is 17.4 Å². The van der Waals surface area contributed by atoms with E-state index in [1.54, 1.807) is 16.9 Å². The highest BCUT2D eigenvalue weighted by atomic mass is 35.5. The maximum absolute atomic E-state index is 12.3. The van der Waals surface area contributed by atoms with Crippen molar-refractivity contribution < 1.29 is 4.79 Å². The number of hydrogen-bond donors (Lipinski definition) is 2. The van der Waals surface area contributed by atoms with Crippen LogP contribution in [0.3, 0.4) is 0 Å². The number of nitrogens with zero attached hydrogens (tertiary/aromatic N) is 3. The van der Waals surface area contributed by atoms with Gasteiger partial charge in [0.2, 0.25) is 5.91 Å². The van der Waals surface area contributed by atoms with Crippen LogP contribution in [-0.2, 0) is 11.2 Å². The van der Waals surface area contributed by atoms with Gasteiger partial charge in [0.15, 0.2) is 5.11 Å². The number of halogens is 1. The first-order chi connectivity index (χ1) is 16.0. The van der Waals surface area contributed by atoms with Gasteiger partial charge in [-0.25, -0.2) is 0 Å². The zero-order valence-electron chi connectivity index (χ0n) is 17.3. The summed E-state index contributed by atoms with van der Waals surface area (Å²) in [6.07, 6.45) is 0.206.